The van der Waals surface area contributed by atoms with Crippen molar-refractivity contribution in [3.05, 3.63) is 76.2 Å². The Kier molecular flexibility index (Phi) is 6.27. The van der Waals surface area contributed by atoms with Crippen molar-refractivity contribution < 1.29 is 14.2 Å². The van der Waals surface area contributed by atoms with Crippen LogP contribution in [0.2, 0.25) is 0 Å². The standard InChI is InChI=1S/C20H20FN3O2S/c1-26-19-7-3-2-5-14(19)12-22-20(23-13-16-6-4-10-27-16)24-17-11-15(21)8-9-18(17)25/h2-11,25H,12-13H2,1H3,(H2,22,23,24). The first-order valence-corrected chi connectivity index (χ1v) is 9.22. The molecule has 0 aliphatic heterocycles. The number of nitrogens with zero attached hydrogens (tertiary/aromatic N) is 1. The van der Waals surface area contributed by atoms with E-state index in [-0.39, 0.29) is 11.4 Å². The summed E-state index contributed by atoms with van der Waals surface area (Å²) in [7, 11) is 1.61. The molecule has 1 aromatic heterocycles. The van der Waals surface area contributed by atoms with Crippen LogP contribution in [0.3, 0.4) is 0 Å². The first kappa shape index (κ1) is 18.7. The second kappa shape index (κ2) is 9.05. The number of phenolic OH excluding ortho intramolecular Hbond substituents is 1. The molecule has 27 heavy (non-hydrogen) atoms. The molecule has 0 unspecified atom stereocenters. The minimum Gasteiger partial charge on any atom is -0.506 e. The third kappa shape index (κ3) is 5.21. The Balaban J connectivity index is 1.80. The number of aliphatic imine (C=N–C) groups is 1. The highest BCUT2D eigenvalue weighted by Gasteiger charge is 2.08. The van der Waals surface area contributed by atoms with E-state index in [9.17, 15) is 9.50 Å². The fourth-order valence-corrected chi connectivity index (χ4v) is 3.10. The summed E-state index contributed by atoms with van der Waals surface area (Å²) in [5.74, 6) is 0.666. The van der Waals surface area contributed by atoms with Gasteiger partial charge in [-0.15, -0.1) is 11.3 Å². The van der Waals surface area contributed by atoms with Crippen molar-refractivity contribution in [1.82, 2.24) is 5.32 Å². The summed E-state index contributed by atoms with van der Waals surface area (Å²) < 4.78 is 18.9. The molecule has 3 N–H and O–H groups in total. The van der Waals surface area contributed by atoms with Crippen LogP contribution in [0, 0.1) is 5.82 Å². The average Bonchev–Trinajstić information content (AvgIpc) is 3.20. The number of anilines is 1. The van der Waals surface area contributed by atoms with Gasteiger partial charge in [-0.2, -0.15) is 0 Å². The molecule has 2 aromatic carbocycles. The Morgan fingerprint density at radius 2 is 2.04 bits per heavy atom. The molecule has 0 aliphatic carbocycles. The zero-order valence-corrected chi connectivity index (χ0v) is 15.6. The molecule has 0 aliphatic rings. The quantitative estimate of drug-likeness (QED) is 0.335. The van der Waals surface area contributed by atoms with E-state index in [1.807, 2.05) is 41.8 Å². The van der Waals surface area contributed by atoms with Gasteiger partial charge in [-0.25, -0.2) is 9.38 Å². The topological polar surface area (TPSA) is 65.9 Å². The van der Waals surface area contributed by atoms with Crippen LogP contribution in [0.4, 0.5) is 10.1 Å². The van der Waals surface area contributed by atoms with Gasteiger partial charge in [0.2, 0.25) is 0 Å². The number of nitrogens with one attached hydrogen (secondary N) is 2. The third-order valence-electron chi connectivity index (χ3n) is 3.82. The average molecular weight is 385 g/mol. The minimum absolute atomic E-state index is 0.0562. The maximum absolute atomic E-state index is 13.5. The largest absolute Gasteiger partial charge is 0.506 e. The van der Waals surface area contributed by atoms with Crippen LogP contribution in [0.15, 0.2) is 65.0 Å². The molecule has 5 nitrogen and oxygen atoms in total. The van der Waals surface area contributed by atoms with E-state index in [4.69, 9.17) is 4.74 Å². The molecule has 0 atom stereocenters. The molecule has 3 rings (SSSR count). The van der Waals surface area contributed by atoms with Crippen LogP contribution in [0.5, 0.6) is 11.5 Å². The zero-order chi connectivity index (χ0) is 19.1. The fourth-order valence-electron chi connectivity index (χ4n) is 2.46. The SMILES string of the molecule is COc1ccccc1CN=C(NCc1cccs1)Nc1cc(F)ccc1O. The van der Waals surface area contributed by atoms with Crippen molar-refractivity contribution in [1.29, 1.82) is 0 Å². The van der Waals surface area contributed by atoms with E-state index < -0.39 is 5.82 Å². The van der Waals surface area contributed by atoms with Crippen LogP contribution in [-0.4, -0.2) is 18.2 Å². The van der Waals surface area contributed by atoms with E-state index in [1.165, 1.54) is 18.2 Å². The summed E-state index contributed by atoms with van der Waals surface area (Å²) >= 11 is 1.62. The van der Waals surface area contributed by atoms with Crippen LogP contribution in [0.25, 0.3) is 0 Å². The first-order valence-electron chi connectivity index (χ1n) is 8.34. The second-order valence-electron chi connectivity index (χ2n) is 5.70. The summed E-state index contributed by atoms with van der Waals surface area (Å²) in [6.07, 6.45) is 0. The number of aromatic hydroxyl groups is 1. The number of ether oxygens (including phenoxy) is 1. The Labute approximate surface area is 161 Å². The predicted molar refractivity (Wildman–Crippen MR) is 107 cm³/mol. The van der Waals surface area contributed by atoms with Gasteiger partial charge < -0.3 is 20.5 Å². The Morgan fingerprint density at radius 3 is 2.81 bits per heavy atom. The van der Waals surface area contributed by atoms with E-state index in [2.05, 4.69) is 15.6 Å². The number of guanidine groups is 1. The number of hydrogen-bond donors (Lipinski definition) is 3. The third-order valence-corrected chi connectivity index (χ3v) is 4.70. The zero-order valence-electron chi connectivity index (χ0n) is 14.8. The first-order chi connectivity index (χ1) is 13.2. The number of methoxy groups -OCH3 is 1. The number of phenols is 1. The van der Waals surface area contributed by atoms with Crippen LogP contribution in [0.1, 0.15) is 10.4 Å². The summed E-state index contributed by atoms with van der Waals surface area (Å²) in [5, 5.41) is 18.1. The summed E-state index contributed by atoms with van der Waals surface area (Å²) in [4.78, 5) is 5.68. The highest BCUT2D eigenvalue weighted by Crippen LogP contribution is 2.24. The van der Waals surface area contributed by atoms with Gasteiger partial charge in [0.1, 0.15) is 17.3 Å². The Hall–Kier alpha value is -3.06. The summed E-state index contributed by atoms with van der Waals surface area (Å²) in [5.41, 5.74) is 1.16. The van der Waals surface area contributed by atoms with Crippen molar-refractivity contribution in [2.24, 2.45) is 4.99 Å². The van der Waals surface area contributed by atoms with Crippen LogP contribution >= 0.6 is 11.3 Å². The molecule has 7 heteroatoms. The van der Waals surface area contributed by atoms with Crippen molar-refractivity contribution in [2.45, 2.75) is 13.1 Å². The minimum atomic E-state index is -0.447. The molecule has 1 heterocycles. The lowest BCUT2D eigenvalue weighted by Gasteiger charge is -2.14. The molecule has 0 amide bonds. The lowest BCUT2D eigenvalue weighted by atomic mass is 10.2. The highest BCUT2D eigenvalue weighted by molar-refractivity contribution is 7.09. The molecule has 0 saturated carbocycles. The Bertz CT molecular complexity index is 913. The molecule has 0 saturated heterocycles. The molecule has 140 valence electrons. The molecule has 3 aromatic rings. The number of halogens is 1. The number of thiophene rings is 1. The van der Waals surface area contributed by atoms with E-state index in [1.54, 1.807) is 18.4 Å². The molecular formula is C20H20FN3O2S. The smallest absolute Gasteiger partial charge is 0.196 e. The normalized spacial score (nSPS) is 11.3. The monoisotopic (exact) mass is 385 g/mol. The van der Waals surface area contributed by atoms with Gasteiger partial charge in [0.05, 0.1) is 25.9 Å². The van der Waals surface area contributed by atoms with Crippen molar-refractivity contribution >= 4 is 23.0 Å². The van der Waals surface area contributed by atoms with Crippen molar-refractivity contribution in [2.75, 3.05) is 12.4 Å². The maximum Gasteiger partial charge on any atom is 0.196 e. The highest BCUT2D eigenvalue weighted by atomic mass is 32.1. The number of hydrogen-bond acceptors (Lipinski definition) is 4. The van der Waals surface area contributed by atoms with Gasteiger partial charge in [-0.3, -0.25) is 0 Å². The fraction of sp³-hybridized carbons (Fsp3) is 0.150. The van der Waals surface area contributed by atoms with Gasteiger partial charge in [-0.05, 0) is 29.6 Å². The molecule has 0 bridgehead atoms. The predicted octanol–water partition coefficient (Wildman–Crippen LogP) is 4.36. The number of benzene rings is 2. The lowest BCUT2D eigenvalue weighted by molar-refractivity contribution is 0.410. The van der Waals surface area contributed by atoms with Gasteiger partial charge >= 0.3 is 0 Å². The van der Waals surface area contributed by atoms with Crippen LogP contribution in [-0.2, 0) is 13.1 Å². The van der Waals surface area contributed by atoms with Crippen molar-refractivity contribution in [3.8, 4) is 11.5 Å². The maximum atomic E-state index is 13.5. The van der Waals surface area contributed by atoms with Gasteiger partial charge in [-0.1, -0.05) is 24.3 Å². The summed E-state index contributed by atoms with van der Waals surface area (Å²) in [6, 6.07) is 15.3. The molecule has 0 fully saturated rings. The molecule has 0 radical (unpaired) electrons. The van der Waals surface area contributed by atoms with E-state index in [0.29, 0.717) is 19.0 Å². The Morgan fingerprint density at radius 1 is 1.19 bits per heavy atom. The number of rotatable bonds is 6. The van der Waals surface area contributed by atoms with Gasteiger partial charge in [0.25, 0.3) is 0 Å². The summed E-state index contributed by atoms with van der Waals surface area (Å²) in [6.45, 7) is 0.922. The number of para-hydroxylation sites is 1. The second-order valence-corrected chi connectivity index (χ2v) is 6.73. The van der Waals surface area contributed by atoms with Gasteiger partial charge in [0, 0.05) is 16.5 Å². The molecular weight excluding hydrogens is 365 g/mol. The lowest BCUT2D eigenvalue weighted by Crippen LogP contribution is -2.30. The van der Waals surface area contributed by atoms with Crippen molar-refractivity contribution in [3.63, 3.8) is 0 Å². The van der Waals surface area contributed by atoms with E-state index in [0.717, 1.165) is 16.2 Å². The molecule has 0 spiro atoms. The van der Waals surface area contributed by atoms with Gasteiger partial charge in [0.15, 0.2) is 5.96 Å². The van der Waals surface area contributed by atoms with Crippen LogP contribution < -0.4 is 15.4 Å². The van der Waals surface area contributed by atoms with E-state index >= 15 is 0 Å².